The van der Waals surface area contributed by atoms with Gasteiger partial charge in [-0.3, -0.25) is 4.99 Å². The van der Waals surface area contributed by atoms with E-state index < -0.39 is 36.0 Å². The Morgan fingerprint density at radius 2 is 1.69 bits per heavy atom. The molecule has 2 rings (SSSR count). The Kier molecular flexibility index (Phi) is 14.5. The number of aliphatic hydroxyl groups is 1. The van der Waals surface area contributed by atoms with E-state index in [2.05, 4.69) is 10.3 Å². The van der Waals surface area contributed by atoms with Crippen molar-refractivity contribution in [3.05, 3.63) is 76.4 Å². The highest BCUT2D eigenvalue weighted by Crippen LogP contribution is 2.45. The lowest BCUT2D eigenvalue weighted by Crippen LogP contribution is -2.55. The maximum absolute atomic E-state index is 14.3. The van der Waals surface area contributed by atoms with Gasteiger partial charge in [0.15, 0.2) is 5.60 Å². The lowest BCUT2D eigenvalue weighted by atomic mass is 9.74. The predicted octanol–water partition coefficient (Wildman–Crippen LogP) is 8.37. The minimum Gasteiger partial charge on any atom is -0.493 e. The van der Waals surface area contributed by atoms with E-state index in [1.807, 2.05) is 20.8 Å². The number of nitrogens with one attached hydrogen (secondary N) is 1. The van der Waals surface area contributed by atoms with Crippen LogP contribution in [0.15, 0.2) is 64.5 Å². The van der Waals surface area contributed by atoms with Crippen LogP contribution in [0.2, 0.25) is 0 Å². The van der Waals surface area contributed by atoms with Crippen molar-refractivity contribution in [3.8, 4) is 5.75 Å². The third kappa shape index (κ3) is 9.09. The highest BCUT2D eigenvalue weighted by atomic mass is 19.4. The molecule has 1 atom stereocenters. The Hall–Kier alpha value is -2.87. The van der Waals surface area contributed by atoms with Crippen molar-refractivity contribution < 1.29 is 27.4 Å². The number of allylic oxidation sites excluding steroid dienone is 5. The highest BCUT2D eigenvalue weighted by Gasteiger charge is 2.56. The average molecular weight is 555 g/mol. The molecule has 220 valence electrons. The van der Waals surface area contributed by atoms with Gasteiger partial charge in [-0.05, 0) is 57.7 Å². The fourth-order valence-electron chi connectivity index (χ4n) is 4.43. The van der Waals surface area contributed by atoms with Crippen LogP contribution in [0, 0.1) is 5.82 Å². The Morgan fingerprint density at radius 1 is 1.08 bits per heavy atom. The molecule has 1 aliphatic rings. The molecular formula is C31H46F4N2O2. The number of hydrogen-bond acceptors (Lipinski definition) is 4. The smallest absolute Gasteiger partial charge is 0.418 e. The molecule has 0 spiro atoms. The zero-order valence-corrected chi connectivity index (χ0v) is 23.8. The largest absolute Gasteiger partial charge is 0.493 e. The van der Waals surface area contributed by atoms with Gasteiger partial charge >= 0.3 is 6.18 Å². The molecule has 1 aliphatic heterocycles. The van der Waals surface area contributed by atoms with Crippen molar-refractivity contribution in [2.75, 3.05) is 13.2 Å². The lowest BCUT2D eigenvalue weighted by molar-refractivity contribution is -0.264. The minimum atomic E-state index is -4.95. The normalized spacial score (nSPS) is 16.3. The van der Waals surface area contributed by atoms with Crippen molar-refractivity contribution in [1.29, 1.82) is 0 Å². The van der Waals surface area contributed by atoms with Crippen molar-refractivity contribution in [3.63, 3.8) is 0 Å². The molecular weight excluding hydrogens is 508 g/mol. The van der Waals surface area contributed by atoms with E-state index in [1.54, 1.807) is 71.2 Å². The quantitative estimate of drug-likeness (QED) is 0.174. The summed E-state index contributed by atoms with van der Waals surface area (Å²) in [7, 11) is 0. The van der Waals surface area contributed by atoms with Crippen LogP contribution in [0.4, 0.5) is 17.6 Å². The van der Waals surface area contributed by atoms with E-state index in [1.165, 1.54) is 12.1 Å². The molecule has 0 aromatic heterocycles. The number of rotatable bonds is 10. The first kappa shape index (κ1) is 36.1. The number of benzene rings is 1. The van der Waals surface area contributed by atoms with Crippen molar-refractivity contribution >= 4 is 6.21 Å². The van der Waals surface area contributed by atoms with Gasteiger partial charge in [0.25, 0.3) is 0 Å². The SMILES string of the molecule is C.CC.CC=NC(/C=C\C)=C(\C=C/C)C(=C\C)/NC[C@@](O)(CC(C)(C)c1cc(F)cc2c1OCC2)C(F)(F)F. The standard InChI is InChI=1S/C28H36F4N2O2.C2H6.CH4/c1-7-11-21(24(12-8-2)33-10-4)23(9-3)34-18-27(35,28(30,31)32)17-26(5,6)22-16-20(29)15-19-13-14-36-25(19)22;1-2;/h7-12,15-16,34-35H,13-14,17-18H2,1-6H3;1-2H3;1H4/b11-7-,12-8-,23-9+,24-21+,33-10?;;/t27-;;/m0../s1. The van der Waals surface area contributed by atoms with Crippen molar-refractivity contribution in [2.24, 2.45) is 4.99 Å². The van der Waals surface area contributed by atoms with Crippen LogP contribution in [0.25, 0.3) is 0 Å². The lowest BCUT2D eigenvalue weighted by Gasteiger charge is -2.39. The second-order valence-corrected chi connectivity index (χ2v) is 9.37. The van der Waals surface area contributed by atoms with Crippen LogP contribution < -0.4 is 10.1 Å². The van der Waals surface area contributed by atoms with Gasteiger partial charge in [0.1, 0.15) is 11.6 Å². The number of alkyl halides is 3. The Labute approximate surface area is 232 Å². The summed E-state index contributed by atoms with van der Waals surface area (Å²) >= 11 is 0. The number of hydrogen-bond donors (Lipinski definition) is 2. The topological polar surface area (TPSA) is 53.9 Å². The Morgan fingerprint density at radius 3 is 2.21 bits per heavy atom. The number of nitrogens with zero attached hydrogens (tertiary/aromatic N) is 1. The van der Waals surface area contributed by atoms with Crippen LogP contribution in [0.1, 0.15) is 80.4 Å². The Bertz CT molecular complexity index is 1070. The zero-order chi connectivity index (χ0) is 29.1. The molecule has 0 unspecified atom stereocenters. The molecule has 1 aromatic carbocycles. The van der Waals surface area contributed by atoms with E-state index in [0.29, 0.717) is 46.9 Å². The monoisotopic (exact) mass is 554 g/mol. The highest BCUT2D eigenvalue weighted by molar-refractivity contribution is 5.59. The van der Waals surface area contributed by atoms with Crippen molar-refractivity contribution in [1.82, 2.24) is 5.32 Å². The molecule has 1 aromatic rings. The Balaban J connectivity index is 0.00000470. The number of ether oxygens (including phenoxy) is 1. The van der Waals surface area contributed by atoms with Gasteiger partial charge in [0.2, 0.25) is 0 Å². The summed E-state index contributed by atoms with van der Waals surface area (Å²) in [6, 6.07) is 2.54. The van der Waals surface area contributed by atoms with Crippen LogP contribution in [-0.4, -0.2) is 36.3 Å². The summed E-state index contributed by atoms with van der Waals surface area (Å²) in [5.74, 6) is -0.138. The molecule has 2 N–H and O–H groups in total. The first-order valence-corrected chi connectivity index (χ1v) is 13.0. The van der Waals surface area contributed by atoms with Gasteiger partial charge in [-0.25, -0.2) is 4.39 Å². The molecule has 0 radical (unpaired) electrons. The van der Waals surface area contributed by atoms with E-state index in [4.69, 9.17) is 4.74 Å². The predicted molar refractivity (Wildman–Crippen MR) is 155 cm³/mol. The third-order valence-corrected chi connectivity index (χ3v) is 6.09. The molecule has 0 bridgehead atoms. The van der Waals surface area contributed by atoms with Crippen LogP contribution in [0.5, 0.6) is 5.75 Å². The molecule has 0 fully saturated rings. The fraction of sp³-hybridized carbons (Fsp3) is 0.516. The molecule has 39 heavy (non-hydrogen) atoms. The second-order valence-electron chi connectivity index (χ2n) is 9.37. The molecule has 0 amide bonds. The summed E-state index contributed by atoms with van der Waals surface area (Å²) in [6.07, 6.45) is 5.11. The van der Waals surface area contributed by atoms with E-state index in [-0.39, 0.29) is 7.43 Å². The number of fused-ring (bicyclic) bond motifs is 1. The van der Waals surface area contributed by atoms with Gasteiger partial charge in [-0.2, -0.15) is 13.2 Å². The van der Waals surface area contributed by atoms with Crippen LogP contribution in [-0.2, 0) is 11.8 Å². The van der Waals surface area contributed by atoms with Crippen molar-refractivity contribution in [2.45, 2.75) is 92.9 Å². The zero-order valence-electron chi connectivity index (χ0n) is 23.8. The molecule has 4 nitrogen and oxygen atoms in total. The van der Waals surface area contributed by atoms with Gasteiger partial charge in [0.05, 0.1) is 18.8 Å². The van der Waals surface area contributed by atoms with Gasteiger partial charge in [-0.1, -0.05) is 59.4 Å². The van der Waals surface area contributed by atoms with E-state index in [9.17, 15) is 22.7 Å². The maximum atomic E-state index is 14.3. The molecule has 1 heterocycles. The summed E-state index contributed by atoms with van der Waals surface area (Å²) in [5.41, 5.74) is -1.90. The molecule has 8 heteroatoms. The fourth-order valence-corrected chi connectivity index (χ4v) is 4.43. The average Bonchev–Trinajstić information content (AvgIpc) is 3.31. The molecule has 0 saturated heterocycles. The first-order chi connectivity index (χ1) is 17.8. The summed E-state index contributed by atoms with van der Waals surface area (Å²) < 4.78 is 62.9. The molecule has 0 saturated carbocycles. The van der Waals surface area contributed by atoms with Crippen LogP contribution >= 0.6 is 0 Å². The van der Waals surface area contributed by atoms with E-state index in [0.717, 1.165) is 0 Å². The minimum absolute atomic E-state index is 0. The van der Waals surface area contributed by atoms with Gasteiger partial charge < -0.3 is 15.2 Å². The number of aliphatic imine (C=N–C) groups is 1. The third-order valence-electron chi connectivity index (χ3n) is 6.09. The number of halogens is 4. The summed E-state index contributed by atoms with van der Waals surface area (Å²) in [4.78, 5) is 4.34. The van der Waals surface area contributed by atoms with Crippen LogP contribution in [0.3, 0.4) is 0 Å². The molecule has 0 aliphatic carbocycles. The maximum Gasteiger partial charge on any atom is 0.418 e. The first-order valence-electron chi connectivity index (χ1n) is 13.0. The van der Waals surface area contributed by atoms with Gasteiger partial charge in [0, 0.05) is 35.0 Å². The summed E-state index contributed by atoms with van der Waals surface area (Å²) in [5, 5.41) is 13.8. The summed E-state index contributed by atoms with van der Waals surface area (Å²) in [6.45, 7) is 13.7. The van der Waals surface area contributed by atoms with Gasteiger partial charge in [-0.15, -0.1) is 0 Å². The second kappa shape index (κ2) is 15.7. The van der Waals surface area contributed by atoms with E-state index >= 15 is 0 Å².